The maximum absolute atomic E-state index is 11.5. The molecule has 0 aliphatic heterocycles. The maximum Gasteiger partial charge on any atom is 0.354 e. The molecule has 0 bridgehead atoms. The fraction of sp³-hybridized carbons (Fsp3) is 0.417. The number of rotatable bonds is 6. The Kier molecular flexibility index (Phi) is 5.74. The number of carboxylic acid groups (broad SMARTS) is 1. The number of aromatic nitrogens is 1. The maximum atomic E-state index is 11.5. The van der Waals surface area contributed by atoms with Gasteiger partial charge in [-0.2, -0.15) is 0 Å². The molecule has 2 amide bonds. The van der Waals surface area contributed by atoms with Gasteiger partial charge < -0.3 is 20.6 Å². The van der Waals surface area contributed by atoms with Gasteiger partial charge in [0.15, 0.2) is 0 Å². The van der Waals surface area contributed by atoms with E-state index in [-0.39, 0.29) is 11.7 Å². The SMILES string of the molecule is CCN(C)CCNC(=O)Nc1ccc(C(=O)O)nc1. The first-order valence-corrected chi connectivity index (χ1v) is 5.95. The predicted molar refractivity (Wildman–Crippen MR) is 71.4 cm³/mol. The van der Waals surface area contributed by atoms with Gasteiger partial charge in [0, 0.05) is 13.1 Å². The normalized spacial score (nSPS) is 10.3. The molecule has 7 heteroatoms. The van der Waals surface area contributed by atoms with Crippen LogP contribution in [0.3, 0.4) is 0 Å². The van der Waals surface area contributed by atoms with Crippen molar-refractivity contribution in [2.45, 2.75) is 6.92 Å². The highest BCUT2D eigenvalue weighted by molar-refractivity contribution is 5.90. The fourth-order valence-electron chi connectivity index (χ4n) is 1.29. The highest BCUT2D eigenvalue weighted by Gasteiger charge is 2.05. The number of hydrogen-bond acceptors (Lipinski definition) is 4. The van der Waals surface area contributed by atoms with Gasteiger partial charge in [-0.3, -0.25) is 0 Å². The molecule has 0 atom stereocenters. The minimum atomic E-state index is -1.10. The lowest BCUT2D eigenvalue weighted by Gasteiger charge is -2.14. The summed E-state index contributed by atoms with van der Waals surface area (Å²) >= 11 is 0. The Morgan fingerprint density at radius 3 is 2.68 bits per heavy atom. The molecule has 0 fully saturated rings. The van der Waals surface area contributed by atoms with E-state index >= 15 is 0 Å². The summed E-state index contributed by atoms with van der Waals surface area (Å²) in [5.74, 6) is -1.10. The lowest BCUT2D eigenvalue weighted by molar-refractivity contribution is 0.0690. The summed E-state index contributed by atoms with van der Waals surface area (Å²) in [5.41, 5.74) is 0.391. The van der Waals surface area contributed by atoms with E-state index in [1.165, 1.54) is 18.3 Å². The van der Waals surface area contributed by atoms with Crippen LogP contribution < -0.4 is 10.6 Å². The molecule has 1 aromatic heterocycles. The van der Waals surface area contributed by atoms with Crippen LogP contribution in [0.5, 0.6) is 0 Å². The standard InChI is InChI=1S/C12H18N4O3/c1-3-16(2)7-6-13-12(19)15-9-4-5-10(11(17)18)14-8-9/h4-5,8H,3,6-7H2,1-2H3,(H,17,18)(H2,13,15,19). The average Bonchev–Trinajstić information content (AvgIpc) is 2.39. The quantitative estimate of drug-likeness (QED) is 0.709. The third-order valence-corrected chi connectivity index (χ3v) is 2.56. The number of carbonyl (C=O) groups is 2. The van der Waals surface area contributed by atoms with Crippen LogP contribution in [-0.2, 0) is 0 Å². The Morgan fingerprint density at radius 1 is 1.42 bits per heavy atom. The molecule has 0 saturated heterocycles. The summed E-state index contributed by atoms with van der Waals surface area (Å²) in [6.45, 7) is 4.26. The Labute approximate surface area is 111 Å². The first-order chi connectivity index (χ1) is 9.02. The van der Waals surface area contributed by atoms with Crippen LogP contribution in [0.2, 0.25) is 0 Å². The van der Waals surface area contributed by atoms with Crippen molar-refractivity contribution in [2.75, 3.05) is 32.0 Å². The van der Waals surface area contributed by atoms with Gasteiger partial charge in [0.25, 0.3) is 0 Å². The smallest absolute Gasteiger partial charge is 0.354 e. The molecule has 104 valence electrons. The molecule has 1 rings (SSSR count). The van der Waals surface area contributed by atoms with Gasteiger partial charge in [-0.05, 0) is 25.7 Å². The highest BCUT2D eigenvalue weighted by Crippen LogP contribution is 2.05. The number of nitrogens with one attached hydrogen (secondary N) is 2. The van der Waals surface area contributed by atoms with Gasteiger partial charge in [0.2, 0.25) is 0 Å². The van der Waals surface area contributed by atoms with E-state index in [2.05, 4.69) is 20.5 Å². The second-order valence-corrected chi connectivity index (χ2v) is 4.01. The van der Waals surface area contributed by atoms with Crippen molar-refractivity contribution in [3.05, 3.63) is 24.0 Å². The number of amides is 2. The van der Waals surface area contributed by atoms with E-state index in [0.717, 1.165) is 13.1 Å². The van der Waals surface area contributed by atoms with Crippen LogP contribution in [0.15, 0.2) is 18.3 Å². The molecule has 0 radical (unpaired) electrons. The topological polar surface area (TPSA) is 94.6 Å². The molecule has 3 N–H and O–H groups in total. The molecule has 0 spiro atoms. The number of carbonyl (C=O) groups excluding carboxylic acids is 1. The van der Waals surface area contributed by atoms with Crippen molar-refractivity contribution in [3.8, 4) is 0 Å². The summed E-state index contributed by atoms with van der Waals surface area (Å²) in [6, 6.07) is 2.49. The summed E-state index contributed by atoms with van der Waals surface area (Å²) in [6.07, 6.45) is 1.31. The Balaban J connectivity index is 2.38. The van der Waals surface area contributed by atoms with Gasteiger partial charge in [-0.25, -0.2) is 14.6 Å². The number of carboxylic acids is 1. The first-order valence-electron chi connectivity index (χ1n) is 5.95. The summed E-state index contributed by atoms with van der Waals surface area (Å²) in [7, 11) is 1.97. The summed E-state index contributed by atoms with van der Waals surface area (Å²) in [5, 5.41) is 14.0. The molecule has 0 unspecified atom stereocenters. The molecule has 0 aromatic carbocycles. The number of nitrogens with zero attached hydrogens (tertiary/aromatic N) is 2. The van der Waals surface area contributed by atoms with Gasteiger partial charge in [-0.1, -0.05) is 6.92 Å². The van der Waals surface area contributed by atoms with Crippen LogP contribution in [-0.4, -0.2) is 53.7 Å². The highest BCUT2D eigenvalue weighted by atomic mass is 16.4. The number of anilines is 1. The molecule has 0 aliphatic rings. The van der Waals surface area contributed by atoms with E-state index in [0.29, 0.717) is 12.2 Å². The lowest BCUT2D eigenvalue weighted by atomic mass is 10.3. The van der Waals surface area contributed by atoms with Crippen molar-refractivity contribution >= 4 is 17.7 Å². The molecular formula is C12H18N4O3. The molecule has 0 saturated carbocycles. The van der Waals surface area contributed by atoms with E-state index in [9.17, 15) is 9.59 Å². The molecule has 19 heavy (non-hydrogen) atoms. The van der Waals surface area contributed by atoms with Crippen molar-refractivity contribution < 1.29 is 14.7 Å². The first kappa shape index (κ1) is 14.9. The molecule has 0 aliphatic carbocycles. The second kappa shape index (κ2) is 7.32. The Morgan fingerprint density at radius 2 is 2.16 bits per heavy atom. The minimum absolute atomic E-state index is 0.0597. The predicted octanol–water partition coefficient (Wildman–Crippen LogP) is 0.853. The fourth-order valence-corrected chi connectivity index (χ4v) is 1.29. The molecular weight excluding hydrogens is 248 g/mol. The second-order valence-electron chi connectivity index (χ2n) is 4.01. The molecule has 7 nitrogen and oxygen atoms in total. The zero-order valence-corrected chi connectivity index (χ0v) is 11.0. The number of likely N-dealkylation sites (N-methyl/N-ethyl adjacent to an activating group) is 1. The third kappa shape index (κ3) is 5.35. The monoisotopic (exact) mass is 266 g/mol. The van der Waals surface area contributed by atoms with E-state index in [4.69, 9.17) is 5.11 Å². The average molecular weight is 266 g/mol. The lowest BCUT2D eigenvalue weighted by Crippen LogP contribution is -2.35. The number of pyridine rings is 1. The van der Waals surface area contributed by atoms with E-state index < -0.39 is 5.97 Å². The summed E-state index contributed by atoms with van der Waals surface area (Å²) in [4.78, 5) is 27.9. The zero-order chi connectivity index (χ0) is 14.3. The minimum Gasteiger partial charge on any atom is -0.477 e. The van der Waals surface area contributed by atoms with Crippen molar-refractivity contribution in [3.63, 3.8) is 0 Å². The number of aromatic carboxylic acids is 1. The number of urea groups is 1. The zero-order valence-electron chi connectivity index (χ0n) is 11.0. The molecule has 1 aromatic rings. The largest absolute Gasteiger partial charge is 0.477 e. The van der Waals surface area contributed by atoms with Crippen LogP contribution in [0.25, 0.3) is 0 Å². The third-order valence-electron chi connectivity index (χ3n) is 2.56. The summed E-state index contributed by atoms with van der Waals surface area (Å²) < 4.78 is 0. The number of hydrogen-bond donors (Lipinski definition) is 3. The Hall–Kier alpha value is -2.15. The van der Waals surface area contributed by atoms with Crippen molar-refractivity contribution in [1.29, 1.82) is 0 Å². The van der Waals surface area contributed by atoms with E-state index in [1.54, 1.807) is 0 Å². The molecule has 1 heterocycles. The van der Waals surface area contributed by atoms with Gasteiger partial charge >= 0.3 is 12.0 Å². The van der Waals surface area contributed by atoms with Gasteiger partial charge in [0.1, 0.15) is 5.69 Å². The van der Waals surface area contributed by atoms with Crippen LogP contribution in [0.1, 0.15) is 17.4 Å². The van der Waals surface area contributed by atoms with Gasteiger partial charge in [-0.15, -0.1) is 0 Å². The van der Waals surface area contributed by atoms with Crippen LogP contribution in [0, 0.1) is 0 Å². The Bertz CT molecular complexity index is 433. The van der Waals surface area contributed by atoms with Crippen LogP contribution in [0.4, 0.5) is 10.5 Å². The van der Waals surface area contributed by atoms with E-state index in [1.807, 2.05) is 14.0 Å². The van der Waals surface area contributed by atoms with Gasteiger partial charge in [0.05, 0.1) is 11.9 Å². The van der Waals surface area contributed by atoms with Crippen molar-refractivity contribution in [1.82, 2.24) is 15.2 Å². The van der Waals surface area contributed by atoms with Crippen LogP contribution >= 0.6 is 0 Å². The van der Waals surface area contributed by atoms with Crippen molar-refractivity contribution in [2.24, 2.45) is 0 Å².